The second-order valence-corrected chi connectivity index (χ2v) is 4.63. The first-order chi connectivity index (χ1) is 8.70. The molecule has 2 heterocycles. The summed E-state index contributed by atoms with van der Waals surface area (Å²) in [6, 6.07) is 4.04. The molecule has 2 rings (SSSR count). The molecule has 1 N–H and O–H groups in total. The van der Waals surface area contributed by atoms with Gasteiger partial charge in [-0.05, 0) is 31.5 Å². The molecular weight excluding hydrogens is 248 g/mol. The molecule has 2 aromatic rings. The molecule has 4 nitrogen and oxygen atoms in total. The van der Waals surface area contributed by atoms with Crippen LogP contribution in [0.25, 0.3) is 5.82 Å². The first-order valence-electron chi connectivity index (χ1n) is 6.08. The van der Waals surface area contributed by atoms with Crippen LogP contribution in [0.15, 0.2) is 24.5 Å². The molecule has 0 saturated carbocycles. The minimum atomic E-state index is 0.614. The lowest BCUT2D eigenvalue weighted by molar-refractivity contribution is 0.670. The maximum atomic E-state index is 5.84. The Hall–Kier alpha value is -1.39. The highest BCUT2D eigenvalue weighted by Crippen LogP contribution is 2.12. The van der Waals surface area contributed by atoms with E-state index >= 15 is 0 Å². The van der Waals surface area contributed by atoms with Gasteiger partial charge < -0.3 is 5.32 Å². The minimum Gasteiger partial charge on any atom is -0.313 e. The molecule has 2 aromatic heterocycles. The van der Waals surface area contributed by atoms with Crippen molar-refractivity contribution in [3.63, 3.8) is 0 Å². The predicted octanol–water partition coefficient (Wildman–Crippen LogP) is 2.73. The van der Waals surface area contributed by atoms with E-state index < -0.39 is 0 Å². The zero-order chi connectivity index (χ0) is 13.0. The van der Waals surface area contributed by atoms with Crippen LogP contribution in [-0.4, -0.2) is 21.3 Å². The number of halogens is 1. The zero-order valence-corrected chi connectivity index (χ0v) is 11.4. The van der Waals surface area contributed by atoms with Gasteiger partial charge in [0, 0.05) is 12.2 Å². The lowest BCUT2D eigenvalue weighted by Crippen LogP contribution is -2.15. The molecular formula is C13H17ClN4. The molecule has 0 aliphatic heterocycles. The fraction of sp³-hybridized carbons (Fsp3) is 0.385. The number of nitrogens with zero attached hydrogens (tertiary/aromatic N) is 3. The van der Waals surface area contributed by atoms with Gasteiger partial charge in [0.15, 0.2) is 5.82 Å². The molecule has 0 spiro atoms. The molecule has 0 unspecified atom stereocenters. The van der Waals surface area contributed by atoms with E-state index in [1.165, 1.54) is 5.56 Å². The van der Waals surface area contributed by atoms with E-state index in [2.05, 4.69) is 28.4 Å². The van der Waals surface area contributed by atoms with E-state index in [9.17, 15) is 0 Å². The predicted molar refractivity (Wildman–Crippen MR) is 73.1 cm³/mol. The number of nitrogens with one attached hydrogen (secondary N) is 1. The van der Waals surface area contributed by atoms with Gasteiger partial charge in [-0.25, -0.2) is 9.67 Å². The van der Waals surface area contributed by atoms with E-state index in [1.54, 1.807) is 17.1 Å². The highest BCUT2D eigenvalue weighted by atomic mass is 35.5. The van der Waals surface area contributed by atoms with Gasteiger partial charge >= 0.3 is 0 Å². The van der Waals surface area contributed by atoms with Crippen molar-refractivity contribution in [3.05, 3.63) is 40.8 Å². The van der Waals surface area contributed by atoms with Crippen LogP contribution < -0.4 is 5.32 Å². The normalized spacial score (nSPS) is 10.8. The van der Waals surface area contributed by atoms with Gasteiger partial charge in [-0.1, -0.05) is 24.6 Å². The fourth-order valence-corrected chi connectivity index (χ4v) is 1.85. The molecule has 0 aliphatic carbocycles. The second-order valence-electron chi connectivity index (χ2n) is 4.19. The third kappa shape index (κ3) is 3.09. The highest BCUT2D eigenvalue weighted by molar-refractivity contribution is 6.30. The standard InChI is InChI=1S/C13H17ClN4/c1-3-6-15-7-11-4-5-13(17-10(11)2)18-9-12(14)8-16-18/h4-5,8-9,15H,3,6-7H2,1-2H3. The van der Waals surface area contributed by atoms with Crippen LogP contribution in [0.4, 0.5) is 0 Å². The average molecular weight is 265 g/mol. The largest absolute Gasteiger partial charge is 0.313 e. The van der Waals surface area contributed by atoms with Crippen LogP contribution in [0, 0.1) is 6.92 Å². The summed E-state index contributed by atoms with van der Waals surface area (Å²) in [7, 11) is 0. The Morgan fingerprint density at radius 3 is 2.83 bits per heavy atom. The number of hydrogen-bond donors (Lipinski definition) is 1. The van der Waals surface area contributed by atoms with E-state index in [4.69, 9.17) is 11.6 Å². The fourth-order valence-electron chi connectivity index (χ4n) is 1.72. The molecule has 0 atom stereocenters. The van der Waals surface area contributed by atoms with E-state index in [0.717, 1.165) is 31.0 Å². The van der Waals surface area contributed by atoms with Crippen molar-refractivity contribution in [3.8, 4) is 5.82 Å². The quantitative estimate of drug-likeness (QED) is 0.845. The summed E-state index contributed by atoms with van der Waals surface area (Å²) in [5.74, 6) is 0.790. The van der Waals surface area contributed by atoms with Crippen molar-refractivity contribution < 1.29 is 0 Å². The Labute approximate surface area is 112 Å². The van der Waals surface area contributed by atoms with Crippen LogP contribution in [0.2, 0.25) is 5.02 Å². The molecule has 0 amide bonds. The van der Waals surface area contributed by atoms with Gasteiger partial charge in [0.2, 0.25) is 0 Å². The number of aryl methyl sites for hydroxylation is 1. The lowest BCUT2D eigenvalue weighted by atomic mass is 10.2. The molecule has 0 aliphatic rings. The Balaban J connectivity index is 2.14. The van der Waals surface area contributed by atoms with Crippen LogP contribution in [0.5, 0.6) is 0 Å². The SMILES string of the molecule is CCCNCc1ccc(-n2cc(Cl)cn2)nc1C. The van der Waals surface area contributed by atoms with Gasteiger partial charge in [0.25, 0.3) is 0 Å². The third-order valence-electron chi connectivity index (χ3n) is 2.71. The third-order valence-corrected chi connectivity index (χ3v) is 2.90. The van der Waals surface area contributed by atoms with E-state index in [0.29, 0.717) is 5.02 Å². The molecule has 0 saturated heterocycles. The molecule has 18 heavy (non-hydrogen) atoms. The maximum absolute atomic E-state index is 5.84. The Morgan fingerprint density at radius 1 is 1.39 bits per heavy atom. The monoisotopic (exact) mass is 264 g/mol. The minimum absolute atomic E-state index is 0.614. The summed E-state index contributed by atoms with van der Waals surface area (Å²) in [5.41, 5.74) is 2.23. The lowest BCUT2D eigenvalue weighted by Gasteiger charge is -2.08. The van der Waals surface area contributed by atoms with Gasteiger partial charge in [0.05, 0.1) is 17.4 Å². The molecule has 5 heteroatoms. The summed E-state index contributed by atoms with van der Waals surface area (Å²) < 4.78 is 1.68. The van der Waals surface area contributed by atoms with E-state index in [1.807, 2.05) is 13.0 Å². The summed E-state index contributed by atoms with van der Waals surface area (Å²) >= 11 is 5.84. The summed E-state index contributed by atoms with van der Waals surface area (Å²) in [4.78, 5) is 4.54. The number of rotatable bonds is 5. The van der Waals surface area contributed by atoms with Crippen molar-refractivity contribution in [1.82, 2.24) is 20.1 Å². The van der Waals surface area contributed by atoms with Crippen molar-refractivity contribution in [2.45, 2.75) is 26.8 Å². The van der Waals surface area contributed by atoms with Crippen LogP contribution in [-0.2, 0) is 6.54 Å². The Kier molecular flexibility index (Phi) is 4.33. The molecule has 0 bridgehead atoms. The summed E-state index contributed by atoms with van der Waals surface area (Å²) in [6.45, 7) is 6.04. The smallest absolute Gasteiger partial charge is 0.153 e. The number of hydrogen-bond acceptors (Lipinski definition) is 3. The summed E-state index contributed by atoms with van der Waals surface area (Å²) in [6.07, 6.45) is 4.49. The van der Waals surface area contributed by atoms with Crippen LogP contribution in [0.3, 0.4) is 0 Å². The number of aromatic nitrogens is 3. The summed E-state index contributed by atoms with van der Waals surface area (Å²) in [5, 5.41) is 8.12. The van der Waals surface area contributed by atoms with Crippen molar-refractivity contribution in [2.24, 2.45) is 0 Å². The highest BCUT2D eigenvalue weighted by Gasteiger charge is 2.04. The second kappa shape index (κ2) is 5.98. The van der Waals surface area contributed by atoms with Gasteiger partial charge in [-0.2, -0.15) is 5.10 Å². The van der Waals surface area contributed by atoms with Crippen molar-refractivity contribution >= 4 is 11.6 Å². The molecule has 96 valence electrons. The Morgan fingerprint density at radius 2 is 2.22 bits per heavy atom. The van der Waals surface area contributed by atoms with Gasteiger partial charge in [-0.15, -0.1) is 0 Å². The molecule has 0 fully saturated rings. The topological polar surface area (TPSA) is 42.7 Å². The maximum Gasteiger partial charge on any atom is 0.153 e. The first-order valence-corrected chi connectivity index (χ1v) is 6.46. The van der Waals surface area contributed by atoms with Crippen molar-refractivity contribution in [1.29, 1.82) is 0 Å². The average Bonchev–Trinajstić information content (AvgIpc) is 2.78. The van der Waals surface area contributed by atoms with Gasteiger partial charge in [0.1, 0.15) is 0 Å². The van der Waals surface area contributed by atoms with Crippen LogP contribution >= 0.6 is 11.6 Å². The molecule has 0 radical (unpaired) electrons. The number of pyridine rings is 1. The Bertz CT molecular complexity index is 521. The van der Waals surface area contributed by atoms with Crippen molar-refractivity contribution in [2.75, 3.05) is 6.54 Å². The first kappa shape index (κ1) is 13.1. The van der Waals surface area contributed by atoms with Crippen LogP contribution in [0.1, 0.15) is 24.6 Å². The zero-order valence-electron chi connectivity index (χ0n) is 10.7. The van der Waals surface area contributed by atoms with E-state index in [-0.39, 0.29) is 0 Å². The molecule has 0 aromatic carbocycles. The van der Waals surface area contributed by atoms with Gasteiger partial charge in [-0.3, -0.25) is 0 Å².